The Balaban J connectivity index is 2.41. The first-order valence-corrected chi connectivity index (χ1v) is 7.05. The lowest BCUT2D eigenvalue weighted by Crippen LogP contribution is -1.98. The summed E-state index contributed by atoms with van der Waals surface area (Å²) in [7, 11) is 0. The van der Waals surface area contributed by atoms with Crippen molar-refractivity contribution >= 4 is 31.9 Å². The van der Waals surface area contributed by atoms with Crippen molar-refractivity contribution in [1.82, 2.24) is 0 Å². The predicted octanol–water partition coefficient (Wildman–Crippen LogP) is 5.52. The van der Waals surface area contributed by atoms with E-state index in [-0.39, 0.29) is 16.5 Å². The fourth-order valence-corrected chi connectivity index (χ4v) is 2.70. The van der Waals surface area contributed by atoms with Crippen LogP contribution in [0.2, 0.25) is 0 Å². The molecule has 2 aromatic rings. The normalized spacial score (nSPS) is 12.5. The van der Waals surface area contributed by atoms with Crippen molar-refractivity contribution in [3.8, 4) is 0 Å². The molecule has 0 bridgehead atoms. The molecule has 0 fully saturated rings. The van der Waals surface area contributed by atoms with Crippen LogP contribution in [0.25, 0.3) is 0 Å². The van der Waals surface area contributed by atoms with Gasteiger partial charge in [0.15, 0.2) is 0 Å². The minimum atomic E-state index is -0.298. The topological polar surface area (TPSA) is 0 Å². The number of hydrogen-bond acceptors (Lipinski definition) is 0. The molecular formula is C14H10Br2F2. The van der Waals surface area contributed by atoms with Gasteiger partial charge in [0, 0.05) is 10.0 Å². The molecule has 0 heterocycles. The molecule has 0 aliphatic heterocycles. The molecule has 0 saturated heterocycles. The monoisotopic (exact) mass is 374 g/mol. The molecule has 94 valence electrons. The van der Waals surface area contributed by atoms with E-state index >= 15 is 0 Å². The van der Waals surface area contributed by atoms with Crippen molar-refractivity contribution in [3.63, 3.8) is 0 Å². The van der Waals surface area contributed by atoms with Crippen molar-refractivity contribution in [2.75, 3.05) is 0 Å². The van der Waals surface area contributed by atoms with Crippen LogP contribution >= 0.6 is 31.9 Å². The van der Waals surface area contributed by atoms with Gasteiger partial charge < -0.3 is 0 Å². The molecular weight excluding hydrogens is 366 g/mol. The molecule has 0 saturated carbocycles. The van der Waals surface area contributed by atoms with Gasteiger partial charge in [-0.2, -0.15) is 0 Å². The smallest absolute Gasteiger partial charge is 0.129 e. The summed E-state index contributed by atoms with van der Waals surface area (Å²) in [4.78, 5) is -0.287. The number of hydrogen-bond donors (Lipinski definition) is 0. The second-order valence-electron chi connectivity index (χ2n) is 4.04. The quantitative estimate of drug-likeness (QED) is 0.606. The Kier molecular flexibility index (Phi) is 4.17. The highest BCUT2D eigenvalue weighted by Gasteiger charge is 2.15. The minimum absolute atomic E-state index is 0.255. The van der Waals surface area contributed by atoms with Gasteiger partial charge >= 0.3 is 0 Å². The Morgan fingerprint density at radius 2 is 1.72 bits per heavy atom. The molecule has 0 amide bonds. The van der Waals surface area contributed by atoms with Gasteiger partial charge in [-0.25, -0.2) is 8.78 Å². The van der Waals surface area contributed by atoms with Gasteiger partial charge in [0.05, 0.1) is 4.83 Å². The van der Waals surface area contributed by atoms with Gasteiger partial charge in [0.1, 0.15) is 11.6 Å². The number of halogens is 4. The van der Waals surface area contributed by atoms with E-state index in [1.807, 2.05) is 0 Å². The maximum Gasteiger partial charge on any atom is 0.129 e. The van der Waals surface area contributed by atoms with Crippen molar-refractivity contribution < 1.29 is 8.78 Å². The Hall–Kier alpha value is -0.740. The average molecular weight is 376 g/mol. The van der Waals surface area contributed by atoms with Crippen molar-refractivity contribution in [2.45, 2.75) is 11.8 Å². The molecule has 1 unspecified atom stereocenters. The molecule has 0 spiro atoms. The molecule has 4 heteroatoms. The van der Waals surface area contributed by atoms with Gasteiger partial charge in [-0.3, -0.25) is 0 Å². The van der Waals surface area contributed by atoms with Crippen molar-refractivity contribution in [3.05, 3.63) is 69.2 Å². The second-order valence-corrected chi connectivity index (χ2v) is 5.87. The van der Waals surface area contributed by atoms with Crippen molar-refractivity contribution in [1.29, 1.82) is 0 Å². The van der Waals surface area contributed by atoms with Crippen LogP contribution < -0.4 is 0 Å². The van der Waals surface area contributed by atoms with E-state index in [2.05, 4.69) is 31.9 Å². The Labute approximate surface area is 121 Å². The highest BCUT2D eigenvalue weighted by molar-refractivity contribution is 9.10. The summed E-state index contributed by atoms with van der Waals surface area (Å²) in [5.41, 5.74) is 1.91. The first-order valence-electron chi connectivity index (χ1n) is 5.34. The van der Waals surface area contributed by atoms with Crippen LogP contribution in [-0.2, 0) is 0 Å². The second kappa shape index (κ2) is 5.49. The van der Waals surface area contributed by atoms with Crippen LogP contribution in [-0.4, -0.2) is 0 Å². The van der Waals surface area contributed by atoms with E-state index in [1.54, 1.807) is 31.2 Å². The molecule has 2 aromatic carbocycles. The minimum Gasteiger partial charge on any atom is -0.207 e. The highest BCUT2D eigenvalue weighted by Crippen LogP contribution is 2.34. The Morgan fingerprint density at radius 1 is 1.00 bits per heavy atom. The molecule has 0 nitrogen and oxygen atoms in total. The van der Waals surface area contributed by atoms with Crippen LogP contribution in [0, 0.1) is 18.6 Å². The number of rotatable bonds is 2. The van der Waals surface area contributed by atoms with Gasteiger partial charge in [-0.1, -0.05) is 50.1 Å². The van der Waals surface area contributed by atoms with E-state index in [0.717, 1.165) is 5.56 Å². The molecule has 0 aliphatic rings. The third-order valence-electron chi connectivity index (χ3n) is 2.71. The lowest BCUT2D eigenvalue weighted by atomic mass is 10.0. The summed E-state index contributed by atoms with van der Waals surface area (Å²) >= 11 is 6.67. The zero-order valence-electron chi connectivity index (χ0n) is 9.55. The number of aryl methyl sites for hydroxylation is 1. The van der Waals surface area contributed by atoms with Crippen LogP contribution in [0.5, 0.6) is 0 Å². The highest BCUT2D eigenvalue weighted by atomic mass is 79.9. The molecule has 1 atom stereocenters. The molecule has 2 rings (SSSR count). The Bertz CT molecular complexity index is 582. The number of alkyl halides is 1. The van der Waals surface area contributed by atoms with Gasteiger partial charge in [0.25, 0.3) is 0 Å². The SMILES string of the molecule is Cc1cc(C(Br)c2ccc(Br)cc2F)ccc1F. The van der Waals surface area contributed by atoms with E-state index < -0.39 is 0 Å². The summed E-state index contributed by atoms with van der Waals surface area (Å²) < 4.78 is 27.7. The summed E-state index contributed by atoms with van der Waals surface area (Å²) in [5.74, 6) is -0.553. The van der Waals surface area contributed by atoms with E-state index in [1.165, 1.54) is 12.1 Å². The largest absolute Gasteiger partial charge is 0.207 e. The average Bonchev–Trinajstić information content (AvgIpc) is 2.32. The zero-order valence-corrected chi connectivity index (χ0v) is 12.7. The Morgan fingerprint density at radius 3 is 2.33 bits per heavy atom. The molecule has 0 aromatic heterocycles. The van der Waals surface area contributed by atoms with E-state index in [4.69, 9.17) is 0 Å². The van der Waals surface area contributed by atoms with Gasteiger partial charge in [-0.15, -0.1) is 0 Å². The summed E-state index contributed by atoms with van der Waals surface area (Å²) in [6, 6.07) is 9.68. The van der Waals surface area contributed by atoms with E-state index in [0.29, 0.717) is 15.6 Å². The standard InChI is InChI=1S/C14H10Br2F2/c1-8-6-9(2-5-12(8)17)14(16)11-4-3-10(15)7-13(11)18/h2-7,14H,1H3. The third-order valence-corrected chi connectivity index (χ3v) is 4.23. The third kappa shape index (κ3) is 2.81. The van der Waals surface area contributed by atoms with Crippen LogP contribution in [0.1, 0.15) is 21.5 Å². The lowest BCUT2D eigenvalue weighted by molar-refractivity contribution is 0.611. The fourth-order valence-electron chi connectivity index (χ4n) is 1.71. The molecule has 0 aliphatic carbocycles. The summed E-state index contributed by atoms with van der Waals surface area (Å²) in [6.45, 7) is 1.69. The lowest BCUT2D eigenvalue weighted by Gasteiger charge is -2.13. The maximum absolute atomic E-state index is 13.8. The summed E-state index contributed by atoms with van der Waals surface area (Å²) in [5, 5.41) is 0. The van der Waals surface area contributed by atoms with Crippen LogP contribution in [0.15, 0.2) is 40.9 Å². The first kappa shape index (κ1) is 13.7. The molecule has 18 heavy (non-hydrogen) atoms. The van der Waals surface area contributed by atoms with Crippen molar-refractivity contribution in [2.24, 2.45) is 0 Å². The van der Waals surface area contributed by atoms with E-state index in [9.17, 15) is 8.78 Å². The summed E-state index contributed by atoms with van der Waals surface area (Å²) in [6.07, 6.45) is 0. The predicted molar refractivity (Wildman–Crippen MR) is 76.0 cm³/mol. The first-order chi connectivity index (χ1) is 8.49. The van der Waals surface area contributed by atoms with Gasteiger partial charge in [-0.05, 0) is 36.2 Å². The molecule has 0 radical (unpaired) electrons. The zero-order chi connectivity index (χ0) is 13.3. The molecule has 0 N–H and O–H groups in total. The van der Waals surface area contributed by atoms with Gasteiger partial charge in [0.2, 0.25) is 0 Å². The maximum atomic E-state index is 13.8. The fraction of sp³-hybridized carbons (Fsp3) is 0.143. The van der Waals surface area contributed by atoms with Crippen LogP contribution in [0.3, 0.4) is 0 Å². The van der Waals surface area contributed by atoms with Crippen LogP contribution in [0.4, 0.5) is 8.78 Å². The number of benzene rings is 2.